The number of H-pyrrole nitrogens is 1. The van der Waals surface area contributed by atoms with Crippen LogP contribution in [-0.2, 0) is 0 Å². The van der Waals surface area contributed by atoms with Crippen LogP contribution in [-0.4, -0.2) is 10.5 Å². The van der Waals surface area contributed by atoms with Crippen molar-refractivity contribution in [2.75, 3.05) is 0 Å². The SMILES string of the molecule is [Cl-].c1[nH+]nno1. The first-order valence-corrected chi connectivity index (χ1v) is 1.13. The van der Waals surface area contributed by atoms with E-state index < -0.39 is 0 Å². The van der Waals surface area contributed by atoms with Crippen molar-refractivity contribution in [3.8, 4) is 0 Å². The minimum Gasteiger partial charge on any atom is -1.00 e. The molecule has 0 aliphatic carbocycles. The quantitative estimate of drug-likeness (QED) is 0.339. The van der Waals surface area contributed by atoms with E-state index in [1.165, 1.54) is 6.39 Å². The van der Waals surface area contributed by atoms with Gasteiger partial charge in [0, 0.05) is 0 Å². The summed E-state index contributed by atoms with van der Waals surface area (Å²) >= 11 is 0. The third-order valence-electron chi connectivity index (χ3n) is 0.251. The molecular weight excluding hydrogens is 105 g/mol. The fourth-order valence-corrected chi connectivity index (χ4v) is 0.118. The molecule has 0 atom stereocenters. The van der Waals surface area contributed by atoms with Gasteiger partial charge in [0.2, 0.25) is 0 Å². The predicted octanol–water partition coefficient (Wildman–Crippen LogP) is -4.11. The number of hydrogen-bond donors (Lipinski definition) is 0. The van der Waals surface area contributed by atoms with Crippen molar-refractivity contribution >= 4 is 0 Å². The summed E-state index contributed by atoms with van der Waals surface area (Å²) < 4.78 is 4.17. The molecule has 1 N–H and O–H groups in total. The molecule has 0 fully saturated rings. The molecule has 0 radical (unpaired) electrons. The summed E-state index contributed by atoms with van der Waals surface area (Å²) in [5.74, 6) is 0. The molecule has 0 aromatic carbocycles. The lowest BCUT2D eigenvalue weighted by Gasteiger charge is -1.28. The highest BCUT2D eigenvalue weighted by Gasteiger charge is 1.75. The summed E-state index contributed by atoms with van der Waals surface area (Å²) in [5.41, 5.74) is 0. The van der Waals surface area contributed by atoms with Crippen molar-refractivity contribution in [3.63, 3.8) is 0 Å². The van der Waals surface area contributed by atoms with E-state index in [-0.39, 0.29) is 12.4 Å². The van der Waals surface area contributed by atoms with Gasteiger partial charge < -0.3 is 12.4 Å². The minimum absolute atomic E-state index is 0. The molecule has 0 aliphatic rings. The van der Waals surface area contributed by atoms with E-state index in [0.29, 0.717) is 0 Å². The number of nitrogens with one attached hydrogen (secondary N) is 1. The molecule has 0 saturated carbocycles. The Morgan fingerprint density at radius 1 is 1.67 bits per heavy atom. The minimum atomic E-state index is 0. The fourth-order valence-electron chi connectivity index (χ4n) is 0.118. The van der Waals surface area contributed by atoms with Crippen molar-refractivity contribution < 1.29 is 22.0 Å². The standard InChI is InChI=1S/CHN3O.ClH/c1-2-3-4-5-1;/h1H;1H. The van der Waals surface area contributed by atoms with Gasteiger partial charge in [-0.15, -0.1) is 5.10 Å². The first-order chi connectivity index (χ1) is 2.50. The summed E-state index contributed by atoms with van der Waals surface area (Å²) in [6.45, 7) is 0. The molecule has 0 spiro atoms. The highest BCUT2D eigenvalue weighted by atomic mass is 35.5. The molecule has 0 aliphatic heterocycles. The first-order valence-electron chi connectivity index (χ1n) is 1.13. The number of aromatic amines is 1. The van der Waals surface area contributed by atoms with E-state index >= 15 is 0 Å². The number of aromatic nitrogens is 3. The van der Waals surface area contributed by atoms with Crippen LogP contribution in [0.4, 0.5) is 0 Å². The Labute approximate surface area is 39.9 Å². The van der Waals surface area contributed by atoms with Gasteiger partial charge in [0.05, 0.1) is 0 Å². The average Bonchev–Trinajstić information content (AvgIpc) is 1.76. The van der Waals surface area contributed by atoms with Gasteiger partial charge >= 0.3 is 6.39 Å². The lowest BCUT2D eigenvalue weighted by atomic mass is 11.6. The van der Waals surface area contributed by atoms with Crippen LogP contribution < -0.4 is 17.5 Å². The maximum atomic E-state index is 4.17. The average molecular weight is 108 g/mol. The molecule has 0 amide bonds. The van der Waals surface area contributed by atoms with Crippen molar-refractivity contribution in [1.29, 1.82) is 0 Å². The number of rotatable bonds is 0. The Morgan fingerprint density at radius 2 is 2.50 bits per heavy atom. The molecule has 0 bridgehead atoms. The molecule has 0 saturated heterocycles. The molecule has 1 aromatic heterocycles. The van der Waals surface area contributed by atoms with Crippen LogP contribution in [0, 0.1) is 0 Å². The summed E-state index contributed by atoms with van der Waals surface area (Å²) in [6, 6.07) is 0. The summed E-state index contributed by atoms with van der Waals surface area (Å²) in [4.78, 5) is 0. The zero-order chi connectivity index (χ0) is 3.54. The summed E-state index contributed by atoms with van der Waals surface area (Å²) in [7, 11) is 0. The van der Waals surface area contributed by atoms with Gasteiger partial charge in [0.15, 0.2) is 5.21 Å². The first kappa shape index (κ1) is 5.36. The van der Waals surface area contributed by atoms with Crippen molar-refractivity contribution in [1.82, 2.24) is 10.5 Å². The summed E-state index contributed by atoms with van der Waals surface area (Å²) in [5, 5.41) is 8.56. The smallest absolute Gasteiger partial charge is 0.325 e. The second-order valence-corrected chi connectivity index (χ2v) is 0.534. The Hall–Kier alpha value is -0.640. The lowest BCUT2D eigenvalue weighted by Crippen LogP contribution is -3.00. The third-order valence-corrected chi connectivity index (χ3v) is 0.251. The van der Waals surface area contributed by atoms with Gasteiger partial charge in [-0.05, 0) is 0 Å². The van der Waals surface area contributed by atoms with E-state index in [1.807, 2.05) is 0 Å². The van der Waals surface area contributed by atoms with Gasteiger partial charge in [-0.25, -0.2) is 0 Å². The second-order valence-electron chi connectivity index (χ2n) is 0.534. The van der Waals surface area contributed by atoms with E-state index in [2.05, 4.69) is 20.1 Å². The van der Waals surface area contributed by atoms with Crippen molar-refractivity contribution in [2.45, 2.75) is 0 Å². The lowest BCUT2D eigenvalue weighted by molar-refractivity contribution is -0.459. The Kier molecular flexibility index (Phi) is 2.31. The maximum Gasteiger partial charge on any atom is 0.325 e. The third kappa shape index (κ3) is 0.984. The molecule has 4 nitrogen and oxygen atoms in total. The molecule has 5 heteroatoms. The van der Waals surface area contributed by atoms with E-state index in [0.717, 1.165) is 0 Å². The van der Waals surface area contributed by atoms with Crippen molar-refractivity contribution in [3.05, 3.63) is 6.39 Å². The van der Waals surface area contributed by atoms with Crippen LogP contribution in [0.3, 0.4) is 0 Å². The van der Waals surface area contributed by atoms with Gasteiger partial charge in [0.25, 0.3) is 5.27 Å². The number of hydrogen-bond acceptors (Lipinski definition) is 3. The van der Waals surface area contributed by atoms with Gasteiger partial charge in [0.1, 0.15) is 0 Å². The van der Waals surface area contributed by atoms with Crippen LogP contribution in [0.5, 0.6) is 0 Å². The Bertz CT molecular complexity index is 67.3. The normalized spacial score (nSPS) is 6.67. The number of nitrogens with zero attached hydrogens (tertiary/aromatic N) is 2. The van der Waals surface area contributed by atoms with Gasteiger partial charge in [-0.2, -0.15) is 4.52 Å². The molecule has 6 heavy (non-hydrogen) atoms. The zero-order valence-corrected chi connectivity index (χ0v) is 3.51. The van der Waals surface area contributed by atoms with Crippen LogP contribution in [0.2, 0.25) is 0 Å². The second kappa shape index (κ2) is 2.59. The molecule has 1 heterocycles. The van der Waals surface area contributed by atoms with Crippen molar-refractivity contribution in [2.24, 2.45) is 0 Å². The fraction of sp³-hybridized carbons (Fsp3) is 0. The summed E-state index contributed by atoms with van der Waals surface area (Å²) in [6.07, 6.45) is 1.28. The van der Waals surface area contributed by atoms with Gasteiger partial charge in [-0.1, -0.05) is 0 Å². The largest absolute Gasteiger partial charge is 1.00 e. The molecular formula is CH2ClN3O. The van der Waals surface area contributed by atoms with E-state index in [9.17, 15) is 0 Å². The van der Waals surface area contributed by atoms with Crippen LogP contribution in [0.1, 0.15) is 0 Å². The Morgan fingerprint density at radius 3 is 2.67 bits per heavy atom. The van der Waals surface area contributed by atoms with Crippen LogP contribution in [0.25, 0.3) is 0 Å². The van der Waals surface area contributed by atoms with Crippen LogP contribution >= 0.6 is 0 Å². The highest BCUT2D eigenvalue weighted by molar-refractivity contribution is 3.89. The van der Waals surface area contributed by atoms with E-state index in [4.69, 9.17) is 0 Å². The Balaban J connectivity index is 0.000000250. The highest BCUT2D eigenvalue weighted by Crippen LogP contribution is 1.47. The molecule has 1 aromatic rings. The zero-order valence-electron chi connectivity index (χ0n) is 2.76. The topological polar surface area (TPSA) is 53.1 Å². The predicted molar refractivity (Wildman–Crippen MR) is 10.9 cm³/mol. The van der Waals surface area contributed by atoms with E-state index in [1.54, 1.807) is 0 Å². The van der Waals surface area contributed by atoms with Crippen LogP contribution in [0.15, 0.2) is 10.9 Å². The number of halogens is 1. The molecule has 34 valence electrons. The monoisotopic (exact) mass is 107 g/mol. The maximum absolute atomic E-state index is 4.17. The molecule has 1 rings (SSSR count). The van der Waals surface area contributed by atoms with Gasteiger partial charge in [-0.3, -0.25) is 0 Å². The molecule has 0 unspecified atom stereocenters.